The number of anilines is 1. The molecule has 0 amide bonds. The molecule has 0 saturated carbocycles. The SMILES string of the molecule is N#Cc1cc2c(cn1)[nH]c1ncc(Cl)c(N3CC(O)C(O)C3)c12. The number of aliphatic hydroxyl groups is 2. The summed E-state index contributed by atoms with van der Waals surface area (Å²) in [5, 5.41) is 30.7. The summed E-state index contributed by atoms with van der Waals surface area (Å²) in [4.78, 5) is 13.3. The summed E-state index contributed by atoms with van der Waals surface area (Å²) < 4.78 is 0. The number of aromatic amines is 1. The van der Waals surface area contributed by atoms with Crippen molar-refractivity contribution in [3.05, 3.63) is 29.2 Å². The molecule has 3 aromatic rings. The van der Waals surface area contributed by atoms with E-state index in [4.69, 9.17) is 16.9 Å². The number of pyridine rings is 2. The smallest absolute Gasteiger partial charge is 0.141 e. The fourth-order valence-corrected chi connectivity index (χ4v) is 3.30. The molecule has 2 atom stereocenters. The number of β-amino-alcohol motifs (C(OH)–C–C–N with tert-alkyl or cyclic N) is 2. The van der Waals surface area contributed by atoms with Crippen LogP contribution in [0.4, 0.5) is 5.69 Å². The van der Waals surface area contributed by atoms with Gasteiger partial charge >= 0.3 is 0 Å². The Balaban J connectivity index is 2.02. The lowest BCUT2D eigenvalue weighted by Gasteiger charge is -2.20. The van der Waals surface area contributed by atoms with Crippen molar-refractivity contribution >= 4 is 39.2 Å². The van der Waals surface area contributed by atoms with Gasteiger partial charge in [-0.1, -0.05) is 11.6 Å². The van der Waals surface area contributed by atoms with Gasteiger partial charge in [0.05, 0.1) is 46.2 Å². The van der Waals surface area contributed by atoms with Crippen LogP contribution in [-0.2, 0) is 0 Å². The maximum absolute atomic E-state index is 9.83. The topological polar surface area (TPSA) is 109 Å². The minimum atomic E-state index is -0.823. The van der Waals surface area contributed by atoms with E-state index in [9.17, 15) is 10.2 Å². The van der Waals surface area contributed by atoms with Gasteiger partial charge in [0.25, 0.3) is 0 Å². The van der Waals surface area contributed by atoms with Crippen LogP contribution in [0.25, 0.3) is 21.9 Å². The minimum Gasteiger partial charge on any atom is -0.389 e. The molecule has 8 heteroatoms. The molecule has 1 aliphatic heterocycles. The Morgan fingerprint density at radius 2 is 2.00 bits per heavy atom. The number of H-pyrrole nitrogens is 1. The summed E-state index contributed by atoms with van der Waals surface area (Å²) >= 11 is 6.35. The molecule has 1 fully saturated rings. The van der Waals surface area contributed by atoms with E-state index in [0.717, 1.165) is 16.3 Å². The molecule has 0 spiro atoms. The molecule has 1 saturated heterocycles. The number of halogens is 1. The zero-order valence-corrected chi connectivity index (χ0v) is 12.6. The molecule has 7 nitrogen and oxygen atoms in total. The first-order valence-electron chi connectivity index (χ1n) is 7.05. The number of nitriles is 1. The second-order valence-corrected chi connectivity index (χ2v) is 5.98. The minimum absolute atomic E-state index is 0.281. The Labute approximate surface area is 135 Å². The van der Waals surface area contributed by atoms with E-state index in [1.807, 2.05) is 11.0 Å². The Morgan fingerprint density at radius 1 is 1.26 bits per heavy atom. The molecule has 1 aliphatic rings. The number of aliphatic hydroxyl groups excluding tert-OH is 2. The Morgan fingerprint density at radius 3 is 2.70 bits per heavy atom. The van der Waals surface area contributed by atoms with E-state index in [2.05, 4.69) is 15.0 Å². The third kappa shape index (κ3) is 2.11. The standard InChI is InChI=1S/C15H12ClN5O2/c16-9-3-19-15-13(14(9)21-5-11(22)12(23)6-21)8-1-7(2-17)18-4-10(8)20-15/h1,3-4,11-12,22-23H,5-6H2,(H,19,20). The lowest BCUT2D eigenvalue weighted by atomic mass is 10.1. The summed E-state index contributed by atoms with van der Waals surface area (Å²) in [6.45, 7) is 0.561. The molecule has 0 aromatic carbocycles. The van der Waals surface area contributed by atoms with Gasteiger partial charge < -0.3 is 20.1 Å². The number of hydrogen-bond acceptors (Lipinski definition) is 6. The molecule has 116 valence electrons. The number of nitrogens with zero attached hydrogens (tertiary/aromatic N) is 4. The highest BCUT2D eigenvalue weighted by molar-refractivity contribution is 6.35. The molecule has 0 radical (unpaired) electrons. The second kappa shape index (κ2) is 5.06. The lowest BCUT2D eigenvalue weighted by molar-refractivity contribution is 0.0572. The monoisotopic (exact) mass is 329 g/mol. The first-order chi connectivity index (χ1) is 11.1. The van der Waals surface area contributed by atoms with Gasteiger partial charge in [0, 0.05) is 18.5 Å². The fraction of sp³-hybridized carbons (Fsp3) is 0.267. The largest absolute Gasteiger partial charge is 0.389 e. The van der Waals surface area contributed by atoms with Gasteiger partial charge in [-0.3, -0.25) is 0 Å². The molecular weight excluding hydrogens is 318 g/mol. The van der Waals surface area contributed by atoms with Crippen molar-refractivity contribution in [2.24, 2.45) is 0 Å². The zero-order valence-electron chi connectivity index (χ0n) is 11.9. The van der Waals surface area contributed by atoms with E-state index in [-0.39, 0.29) is 13.1 Å². The van der Waals surface area contributed by atoms with Crippen LogP contribution in [0.15, 0.2) is 18.5 Å². The Hall–Kier alpha value is -2.40. The van der Waals surface area contributed by atoms with Crippen LogP contribution in [0, 0.1) is 11.3 Å². The molecule has 0 bridgehead atoms. The molecule has 4 heterocycles. The van der Waals surface area contributed by atoms with Crippen LogP contribution in [0.1, 0.15) is 5.69 Å². The number of rotatable bonds is 1. The second-order valence-electron chi connectivity index (χ2n) is 5.57. The summed E-state index contributed by atoms with van der Waals surface area (Å²) in [7, 11) is 0. The first-order valence-corrected chi connectivity index (χ1v) is 7.43. The Kier molecular flexibility index (Phi) is 3.13. The van der Waals surface area contributed by atoms with Crippen LogP contribution in [0.5, 0.6) is 0 Å². The van der Waals surface area contributed by atoms with E-state index in [1.54, 1.807) is 12.3 Å². The highest BCUT2D eigenvalue weighted by atomic mass is 35.5. The third-order valence-electron chi connectivity index (χ3n) is 4.12. The van der Waals surface area contributed by atoms with E-state index in [1.165, 1.54) is 6.20 Å². The van der Waals surface area contributed by atoms with Gasteiger partial charge in [-0.2, -0.15) is 5.26 Å². The van der Waals surface area contributed by atoms with Crippen LogP contribution >= 0.6 is 11.6 Å². The highest BCUT2D eigenvalue weighted by Crippen LogP contribution is 2.39. The molecule has 0 aliphatic carbocycles. The summed E-state index contributed by atoms with van der Waals surface area (Å²) in [6.07, 6.45) is 1.47. The van der Waals surface area contributed by atoms with Gasteiger partial charge in [0.15, 0.2) is 0 Å². The average Bonchev–Trinajstić information content (AvgIpc) is 3.07. The quantitative estimate of drug-likeness (QED) is 0.618. The average molecular weight is 330 g/mol. The van der Waals surface area contributed by atoms with Crippen molar-refractivity contribution in [2.75, 3.05) is 18.0 Å². The summed E-state index contributed by atoms with van der Waals surface area (Å²) in [5.41, 5.74) is 2.35. The van der Waals surface area contributed by atoms with Crippen molar-refractivity contribution in [3.8, 4) is 6.07 Å². The number of aromatic nitrogens is 3. The van der Waals surface area contributed by atoms with Gasteiger partial charge in [0.1, 0.15) is 17.4 Å². The number of fused-ring (bicyclic) bond motifs is 3. The van der Waals surface area contributed by atoms with E-state index in [0.29, 0.717) is 22.1 Å². The Bertz CT molecular complexity index is 954. The predicted octanol–water partition coefficient (Wildman–Crippen LogP) is 1.18. The fourth-order valence-electron chi connectivity index (χ4n) is 3.04. The zero-order chi connectivity index (χ0) is 16.1. The van der Waals surface area contributed by atoms with E-state index >= 15 is 0 Å². The number of hydrogen-bond donors (Lipinski definition) is 3. The predicted molar refractivity (Wildman–Crippen MR) is 85.3 cm³/mol. The summed E-state index contributed by atoms with van der Waals surface area (Å²) in [5.74, 6) is 0. The molecule has 4 rings (SSSR count). The van der Waals surface area contributed by atoms with Gasteiger partial charge in [-0.05, 0) is 6.07 Å². The molecule has 2 unspecified atom stereocenters. The van der Waals surface area contributed by atoms with Crippen molar-refractivity contribution in [1.82, 2.24) is 15.0 Å². The molecule has 3 N–H and O–H groups in total. The number of nitrogens with one attached hydrogen (secondary N) is 1. The highest BCUT2D eigenvalue weighted by Gasteiger charge is 2.32. The van der Waals surface area contributed by atoms with Gasteiger partial charge in [-0.25, -0.2) is 9.97 Å². The maximum atomic E-state index is 9.83. The van der Waals surface area contributed by atoms with Crippen LogP contribution in [-0.4, -0.2) is 50.5 Å². The van der Waals surface area contributed by atoms with Crippen molar-refractivity contribution in [3.63, 3.8) is 0 Å². The van der Waals surface area contributed by atoms with E-state index < -0.39 is 12.2 Å². The van der Waals surface area contributed by atoms with Crippen LogP contribution in [0.2, 0.25) is 5.02 Å². The van der Waals surface area contributed by atoms with Gasteiger partial charge in [-0.15, -0.1) is 0 Å². The van der Waals surface area contributed by atoms with Crippen molar-refractivity contribution < 1.29 is 10.2 Å². The third-order valence-corrected chi connectivity index (χ3v) is 4.40. The molecule has 3 aromatic heterocycles. The normalized spacial score (nSPS) is 21.2. The lowest BCUT2D eigenvalue weighted by Crippen LogP contribution is -2.22. The maximum Gasteiger partial charge on any atom is 0.141 e. The molecular formula is C15H12ClN5O2. The van der Waals surface area contributed by atoms with Crippen LogP contribution < -0.4 is 4.90 Å². The first kappa shape index (κ1) is 14.2. The summed E-state index contributed by atoms with van der Waals surface area (Å²) in [6, 6.07) is 3.70. The van der Waals surface area contributed by atoms with Crippen molar-refractivity contribution in [2.45, 2.75) is 12.2 Å². The van der Waals surface area contributed by atoms with Gasteiger partial charge in [0.2, 0.25) is 0 Å². The van der Waals surface area contributed by atoms with Crippen LogP contribution in [0.3, 0.4) is 0 Å². The van der Waals surface area contributed by atoms with Crippen molar-refractivity contribution in [1.29, 1.82) is 5.26 Å². The molecule has 23 heavy (non-hydrogen) atoms.